The minimum atomic E-state index is -0.606. The zero-order chi connectivity index (χ0) is 19.7. The number of rotatable bonds is 6. The zero-order valence-corrected chi connectivity index (χ0v) is 16.4. The number of anilines is 1. The molecule has 1 aliphatic rings. The van der Waals surface area contributed by atoms with Crippen LogP contribution in [0.2, 0.25) is 0 Å². The molecule has 144 valence electrons. The Kier molecular flexibility index (Phi) is 4.67. The molecule has 5 nitrogen and oxygen atoms in total. The number of para-hydroxylation sites is 1. The van der Waals surface area contributed by atoms with E-state index in [0.29, 0.717) is 17.4 Å². The molecule has 4 rings (SSSR count). The first-order valence-corrected chi connectivity index (χ1v) is 9.55. The first-order valence-electron chi connectivity index (χ1n) is 9.55. The number of benzene rings is 2. The van der Waals surface area contributed by atoms with E-state index in [2.05, 4.69) is 30.4 Å². The highest BCUT2D eigenvalue weighted by molar-refractivity contribution is 6.01. The van der Waals surface area contributed by atoms with Crippen molar-refractivity contribution in [1.29, 1.82) is 0 Å². The van der Waals surface area contributed by atoms with Crippen LogP contribution in [-0.2, 0) is 10.2 Å². The molecule has 28 heavy (non-hydrogen) atoms. The van der Waals surface area contributed by atoms with E-state index in [1.807, 2.05) is 48.5 Å². The SMILES string of the molecule is COc1cccc(-c2cc(C3(C(=O)Nc4ccccc4C(C)C)CC3)no2)c1. The van der Waals surface area contributed by atoms with Gasteiger partial charge < -0.3 is 14.6 Å². The van der Waals surface area contributed by atoms with Crippen LogP contribution in [0.3, 0.4) is 0 Å². The number of nitrogens with zero attached hydrogens (tertiary/aromatic N) is 1. The van der Waals surface area contributed by atoms with E-state index >= 15 is 0 Å². The van der Waals surface area contributed by atoms with Gasteiger partial charge in [0.15, 0.2) is 5.76 Å². The molecule has 1 aliphatic carbocycles. The van der Waals surface area contributed by atoms with Crippen LogP contribution in [0, 0.1) is 0 Å². The second-order valence-corrected chi connectivity index (χ2v) is 7.59. The van der Waals surface area contributed by atoms with Crippen molar-refractivity contribution in [2.24, 2.45) is 0 Å². The van der Waals surface area contributed by atoms with Gasteiger partial charge in [0.1, 0.15) is 5.75 Å². The van der Waals surface area contributed by atoms with Crippen LogP contribution in [0.1, 0.15) is 43.9 Å². The molecule has 1 saturated carbocycles. The zero-order valence-electron chi connectivity index (χ0n) is 16.4. The number of ether oxygens (including phenoxy) is 1. The molecule has 3 aromatic rings. The smallest absolute Gasteiger partial charge is 0.236 e. The van der Waals surface area contributed by atoms with Gasteiger partial charge in [0, 0.05) is 17.3 Å². The molecule has 0 aliphatic heterocycles. The van der Waals surface area contributed by atoms with Gasteiger partial charge >= 0.3 is 0 Å². The molecule has 0 unspecified atom stereocenters. The van der Waals surface area contributed by atoms with E-state index in [1.54, 1.807) is 7.11 Å². The van der Waals surface area contributed by atoms with Crippen molar-refractivity contribution in [3.05, 3.63) is 65.9 Å². The fourth-order valence-electron chi connectivity index (χ4n) is 3.49. The van der Waals surface area contributed by atoms with Gasteiger partial charge in [0.2, 0.25) is 5.91 Å². The average Bonchev–Trinajstić information content (AvgIpc) is 3.38. The molecule has 0 spiro atoms. The normalized spacial score (nSPS) is 14.7. The molecule has 0 radical (unpaired) electrons. The fraction of sp³-hybridized carbons (Fsp3) is 0.304. The summed E-state index contributed by atoms with van der Waals surface area (Å²) in [6, 6.07) is 17.4. The second kappa shape index (κ2) is 7.15. The summed E-state index contributed by atoms with van der Waals surface area (Å²) in [6.07, 6.45) is 1.54. The van der Waals surface area contributed by atoms with Crippen LogP contribution in [0.4, 0.5) is 5.69 Å². The van der Waals surface area contributed by atoms with E-state index in [4.69, 9.17) is 9.26 Å². The summed E-state index contributed by atoms with van der Waals surface area (Å²) in [5.41, 5.74) is 2.95. The lowest BCUT2D eigenvalue weighted by Gasteiger charge is -2.17. The van der Waals surface area contributed by atoms with Gasteiger partial charge in [0.25, 0.3) is 0 Å². The van der Waals surface area contributed by atoms with Crippen LogP contribution < -0.4 is 10.1 Å². The van der Waals surface area contributed by atoms with Crippen molar-refractivity contribution in [2.75, 3.05) is 12.4 Å². The van der Waals surface area contributed by atoms with Crippen molar-refractivity contribution >= 4 is 11.6 Å². The highest BCUT2D eigenvalue weighted by atomic mass is 16.5. The lowest BCUT2D eigenvalue weighted by Crippen LogP contribution is -2.28. The number of hydrogen-bond acceptors (Lipinski definition) is 4. The van der Waals surface area contributed by atoms with E-state index < -0.39 is 5.41 Å². The van der Waals surface area contributed by atoms with E-state index in [-0.39, 0.29) is 5.91 Å². The highest BCUT2D eigenvalue weighted by Gasteiger charge is 2.54. The maximum atomic E-state index is 13.1. The Morgan fingerprint density at radius 3 is 2.64 bits per heavy atom. The Bertz CT molecular complexity index is 1000. The molecule has 1 N–H and O–H groups in total. The van der Waals surface area contributed by atoms with Gasteiger partial charge in [-0.25, -0.2) is 0 Å². The molecular weight excluding hydrogens is 352 g/mol. The minimum absolute atomic E-state index is 0.0221. The summed E-state index contributed by atoms with van der Waals surface area (Å²) < 4.78 is 10.8. The molecule has 0 atom stereocenters. The number of carbonyl (C=O) groups is 1. The topological polar surface area (TPSA) is 64.4 Å². The van der Waals surface area contributed by atoms with E-state index in [9.17, 15) is 4.79 Å². The molecule has 5 heteroatoms. The van der Waals surface area contributed by atoms with Gasteiger partial charge in [-0.05, 0) is 42.5 Å². The largest absolute Gasteiger partial charge is 0.497 e. The second-order valence-electron chi connectivity index (χ2n) is 7.59. The van der Waals surface area contributed by atoms with Crippen molar-refractivity contribution in [3.63, 3.8) is 0 Å². The van der Waals surface area contributed by atoms with Crippen LogP contribution in [0.15, 0.2) is 59.1 Å². The number of carbonyl (C=O) groups excluding carboxylic acids is 1. The predicted octanol–water partition coefficient (Wildman–Crippen LogP) is 5.14. The summed E-state index contributed by atoms with van der Waals surface area (Å²) in [5, 5.41) is 7.35. The van der Waals surface area contributed by atoms with Crippen LogP contribution in [-0.4, -0.2) is 18.2 Å². The van der Waals surface area contributed by atoms with Crippen molar-refractivity contribution in [1.82, 2.24) is 5.16 Å². The molecule has 1 fully saturated rings. The molecular formula is C23H24N2O3. The summed E-state index contributed by atoms with van der Waals surface area (Å²) >= 11 is 0. The number of aromatic nitrogens is 1. The summed E-state index contributed by atoms with van der Waals surface area (Å²) in [6.45, 7) is 4.24. The Morgan fingerprint density at radius 2 is 1.93 bits per heavy atom. The van der Waals surface area contributed by atoms with Crippen LogP contribution in [0.5, 0.6) is 5.75 Å². The Balaban J connectivity index is 1.58. The number of hydrogen-bond donors (Lipinski definition) is 1. The lowest BCUT2D eigenvalue weighted by molar-refractivity contribution is -0.118. The predicted molar refractivity (Wildman–Crippen MR) is 109 cm³/mol. The molecule has 1 heterocycles. The lowest BCUT2D eigenvalue weighted by atomic mass is 9.98. The molecule has 2 aromatic carbocycles. The standard InChI is InChI=1S/C23H24N2O3/c1-15(2)18-9-4-5-10-19(18)24-22(26)23(11-12-23)21-14-20(28-25-21)16-7-6-8-17(13-16)27-3/h4-10,13-15H,11-12H2,1-3H3,(H,24,26). The van der Waals surface area contributed by atoms with Gasteiger partial charge in [-0.2, -0.15) is 0 Å². The third-order valence-electron chi connectivity index (χ3n) is 5.37. The number of methoxy groups -OCH3 is 1. The third-order valence-corrected chi connectivity index (χ3v) is 5.37. The third kappa shape index (κ3) is 3.28. The first kappa shape index (κ1) is 18.3. The van der Waals surface area contributed by atoms with Crippen LogP contribution >= 0.6 is 0 Å². The maximum absolute atomic E-state index is 13.1. The molecule has 1 amide bonds. The minimum Gasteiger partial charge on any atom is -0.497 e. The van der Waals surface area contributed by atoms with E-state index in [0.717, 1.165) is 35.4 Å². The maximum Gasteiger partial charge on any atom is 0.236 e. The molecule has 1 aromatic heterocycles. The fourth-order valence-corrected chi connectivity index (χ4v) is 3.49. The summed E-state index contributed by atoms with van der Waals surface area (Å²) in [5.74, 6) is 1.69. The highest BCUT2D eigenvalue weighted by Crippen LogP contribution is 2.49. The van der Waals surface area contributed by atoms with Crippen molar-refractivity contribution < 1.29 is 14.1 Å². The van der Waals surface area contributed by atoms with Gasteiger partial charge in [-0.3, -0.25) is 4.79 Å². The van der Waals surface area contributed by atoms with Gasteiger partial charge in [0.05, 0.1) is 18.2 Å². The Labute approximate surface area is 164 Å². The quantitative estimate of drug-likeness (QED) is 0.647. The molecule has 0 bridgehead atoms. The Hall–Kier alpha value is -3.08. The molecule has 0 saturated heterocycles. The number of amides is 1. The number of nitrogens with one attached hydrogen (secondary N) is 1. The Morgan fingerprint density at radius 1 is 1.14 bits per heavy atom. The summed E-state index contributed by atoms with van der Waals surface area (Å²) in [7, 11) is 1.63. The van der Waals surface area contributed by atoms with Crippen molar-refractivity contribution in [3.8, 4) is 17.1 Å². The van der Waals surface area contributed by atoms with Crippen LogP contribution in [0.25, 0.3) is 11.3 Å². The monoisotopic (exact) mass is 376 g/mol. The average molecular weight is 376 g/mol. The first-order chi connectivity index (χ1) is 13.5. The van der Waals surface area contributed by atoms with Gasteiger partial charge in [-0.1, -0.05) is 49.3 Å². The van der Waals surface area contributed by atoms with E-state index in [1.165, 1.54) is 0 Å². The summed E-state index contributed by atoms with van der Waals surface area (Å²) in [4.78, 5) is 13.1. The van der Waals surface area contributed by atoms with Crippen molar-refractivity contribution in [2.45, 2.75) is 38.0 Å². The van der Waals surface area contributed by atoms with Gasteiger partial charge in [-0.15, -0.1) is 0 Å².